The van der Waals surface area contributed by atoms with Crippen LogP contribution >= 0.6 is 11.3 Å². The van der Waals surface area contributed by atoms with Crippen molar-refractivity contribution >= 4 is 28.3 Å². The van der Waals surface area contributed by atoms with Crippen molar-refractivity contribution in [1.29, 1.82) is 0 Å². The van der Waals surface area contributed by atoms with E-state index in [1.807, 2.05) is 41.5 Å². The lowest BCUT2D eigenvalue weighted by Gasteiger charge is -2.28. The van der Waals surface area contributed by atoms with Crippen LogP contribution in [0.2, 0.25) is 0 Å². The molecule has 0 spiro atoms. The largest absolute Gasteiger partial charge is 0.389 e. The molecule has 0 bridgehead atoms. The number of aryl methyl sites for hydroxylation is 1. The third kappa shape index (κ3) is 4.17. The van der Waals surface area contributed by atoms with Gasteiger partial charge in [-0.2, -0.15) is 0 Å². The Morgan fingerprint density at radius 1 is 1.31 bits per heavy atom. The maximum absolute atomic E-state index is 13.0. The van der Waals surface area contributed by atoms with Crippen LogP contribution in [0.3, 0.4) is 0 Å². The molecule has 0 aliphatic carbocycles. The molecule has 2 atom stereocenters. The third-order valence-corrected chi connectivity index (χ3v) is 6.65. The van der Waals surface area contributed by atoms with Crippen LogP contribution in [0, 0.1) is 0 Å². The standard InChI is InChI=1S/C24H24N4O3S/c1-28-9-6-18-17(12-15-2-4-16(5-3-15)24-25-8-11-32-24)13-20(26-22(18)28)23(30)27-19-7-10-31-14-21(19)29/h2-6,8-9,11,13,19,21,29H,7,10,12,14H2,1H3,(H,27,30)/t19-,21-/m0/s1. The fraction of sp³-hybridized carbons (Fsp3) is 0.292. The van der Waals surface area contributed by atoms with Gasteiger partial charge in [-0.25, -0.2) is 9.97 Å². The number of aliphatic hydroxyl groups excluding tert-OH is 1. The van der Waals surface area contributed by atoms with Gasteiger partial charge in [0.25, 0.3) is 5.91 Å². The molecule has 164 valence electrons. The fourth-order valence-corrected chi connectivity index (χ4v) is 4.69. The molecule has 1 aliphatic heterocycles. The van der Waals surface area contributed by atoms with Crippen molar-refractivity contribution in [3.63, 3.8) is 0 Å². The molecule has 5 rings (SSSR count). The van der Waals surface area contributed by atoms with Gasteiger partial charge < -0.3 is 19.7 Å². The van der Waals surface area contributed by atoms with E-state index in [1.165, 1.54) is 0 Å². The first-order valence-electron chi connectivity index (χ1n) is 10.6. The topological polar surface area (TPSA) is 89.3 Å². The summed E-state index contributed by atoms with van der Waals surface area (Å²) in [6.07, 6.45) is 4.32. The number of aromatic nitrogens is 3. The second-order valence-electron chi connectivity index (χ2n) is 8.05. The lowest BCUT2D eigenvalue weighted by Crippen LogP contribution is -2.48. The van der Waals surface area contributed by atoms with Crippen LogP contribution in [0.15, 0.2) is 54.2 Å². The third-order valence-electron chi connectivity index (χ3n) is 5.83. The van der Waals surface area contributed by atoms with Crippen molar-refractivity contribution in [3.05, 3.63) is 71.0 Å². The number of aliphatic hydroxyl groups is 1. The average Bonchev–Trinajstić information content (AvgIpc) is 3.47. The molecular weight excluding hydrogens is 424 g/mol. The second-order valence-corrected chi connectivity index (χ2v) is 8.95. The highest BCUT2D eigenvalue weighted by molar-refractivity contribution is 7.13. The molecule has 1 aliphatic rings. The van der Waals surface area contributed by atoms with Gasteiger partial charge in [0.15, 0.2) is 0 Å². The normalized spacial score (nSPS) is 18.7. The van der Waals surface area contributed by atoms with Crippen LogP contribution < -0.4 is 5.32 Å². The van der Waals surface area contributed by atoms with Gasteiger partial charge in [-0.1, -0.05) is 24.3 Å². The van der Waals surface area contributed by atoms with Crippen LogP contribution in [-0.4, -0.2) is 50.9 Å². The van der Waals surface area contributed by atoms with Crippen molar-refractivity contribution in [2.75, 3.05) is 13.2 Å². The first-order chi connectivity index (χ1) is 15.6. The van der Waals surface area contributed by atoms with Crippen molar-refractivity contribution < 1.29 is 14.6 Å². The number of rotatable bonds is 5. The molecule has 1 aromatic carbocycles. The predicted octanol–water partition coefficient (Wildman–Crippen LogP) is 3.17. The summed E-state index contributed by atoms with van der Waals surface area (Å²) < 4.78 is 7.18. The number of carbonyl (C=O) groups excluding carboxylic acids is 1. The number of ether oxygens (including phenoxy) is 1. The van der Waals surface area contributed by atoms with Gasteiger partial charge >= 0.3 is 0 Å². The summed E-state index contributed by atoms with van der Waals surface area (Å²) in [6.45, 7) is 0.756. The molecule has 1 saturated heterocycles. The molecule has 4 aromatic rings. The molecule has 1 fully saturated rings. The monoisotopic (exact) mass is 448 g/mol. The Hall–Kier alpha value is -3.07. The number of benzene rings is 1. The first-order valence-corrected chi connectivity index (χ1v) is 11.5. The van der Waals surface area contributed by atoms with Crippen molar-refractivity contribution in [2.45, 2.75) is 25.0 Å². The van der Waals surface area contributed by atoms with Gasteiger partial charge in [0.2, 0.25) is 0 Å². The Bertz CT molecular complexity index is 1230. The van der Waals surface area contributed by atoms with Gasteiger partial charge in [0.05, 0.1) is 18.8 Å². The Kier molecular flexibility index (Phi) is 5.73. The highest BCUT2D eigenvalue weighted by atomic mass is 32.1. The molecule has 2 N–H and O–H groups in total. The number of hydrogen-bond acceptors (Lipinski definition) is 6. The molecule has 4 heterocycles. The van der Waals surface area contributed by atoms with E-state index in [9.17, 15) is 9.90 Å². The molecule has 3 aromatic heterocycles. The van der Waals surface area contributed by atoms with E-state index in [2.05, 4.69) is 39.6 Å². The summed E-state index contributed by atoms with van der Waals surface area (Å²) in [7, 11) is 1.92. The van der Waals surface area contributed by atoms with E-state index in [0.29, 0.717) is 25.1 Å². The van der Waals surface area contributed by atoms with E-state index < -0.39 is 6.10 Å². The number of nitrogens with one attached hydrogen (secondary N) is 1. The number of nitrogens with zero attached hydrogens (tertiary/aromatic N) is 3. The molecule has 32 heavy (non-hydrogen) atoms. The minimum absolute atomic E-state index is 0.234. The molecule has 0 unspecified atom stereocenters. The summed E-state index contributed by atoms with van der Waals surface area (Å²) in [5.41, 5.74) is 4.40. The lowest BCUT2D eigenvalue weighted by molar-refractivity contribution is -0.0261. The molecule has 1 amide bonds. The maximum Gasteiger partial charge on any atom is 0.270 e. The smallest absolute Gasteiger partial charge is 0.270 e. The first kappa shape index (κ1) is 20.8. The van der Waals surface area contributed by atoms with Crippen LogP contribution in [0.25, 0.3) is 21.6 Å². The molecule has 8 heteroatoms. The number of fused-ring (bicyclic) bond motifs is 1. The minimum atomic E-state index is -0.706. The van der Waals surface area contributed by atoms with Gasteiger partial charge in [-0.15, -0.1) is 11.3 Å². The van der Waals surface area contributed by atoms with E-state index in [1.54, 1.807) is 11.3 Å². The molecule has 0 saturated carbocycles. The number of hydrogen-bond donors (Lipinski definition) is 2. The van der Waals surface area contributed by atoms with E-state index in [-0.39, 0.29) is 18.6 Å². The van der Waals surface area contributed by atoms with Crippen molar-refractivity contribution in [2.24, 2.45) is 7.05 Å². The predicted molar refractivity (Wildman–Crippen MR) is 124 cm³/mol. The molecule has 7 nitrogen and oxygen atoms in total. The Morgan fingerprint density at radius 2 is 2.16 bits per heavy atom. The van der Waals surface area contributed by atoms with E-state index in [0.717, 1.165) is 32.7 Å². The molecule has 0 radical (unpaired) electrons. The second kappa shape index (κ2) is 8.82. The van der Waals surface area contributed by atoms with Crippen molar-refractivity contribution in [3.8, 4) is 10.6 Å². The van der Waals surface area contributed by atoms with Gasteiger partial charge in [0.1, 0.15) is 16.3 Å². The highest BCUT2D eigenvalue weighted by Gasteiger charge is 2.26. The number of pyridine rings is 1. The highest BCUT2D eigenvalue weighted by Crippen LogP contribution is 2.25. The Balaban J connectivity index is 1.43. The summed E-state index contributed by atoms with van der Waals surface area (Å²) in [4.78, 5) is 21.9. The average molecular weight is 449 g/mol. The van der Waals surface area contributed by atoms with Gasteiger partial charge in [-0.3, -0.25) is 4.79 Å². The quantitative estimate of drug-likeness (QED) is 0.490. The van der Waals surface area contributed by atoms with E-state index >= 15 is 0 Å². The summed E-state index contributed by atoms with van der Waals surface area (Å²) in [5.74, 6) is -0.278. The zero-order chi connectivity index (χ0) is 22.1. The van der Waals surface area contributed by atoms with Crippen LogP contribution in [-0.2, 0) is 18.2 Å². The van der Waals surface area contributed by atoms with Crippen LogP contribution in [0.4, 0.5) is 0 Å². The van der Waals surface area contributed by atoms with Crippen molar-refractivity contribution in [1.82, 2.24) is 19.9 Å². The zero-order valence-electron chi connectivity index (χ0n) is 17.7. The molecular formula is C24H24N4O3S. The zero-order valence-corrected chi connectivity index (χ0v) is 18.5. The van der Waals surface area contributed by atoms with E-state index in [4.69, 9.17) is 4.74 Å². The fourth-order valence-electron chi connectivity index (χ4n) is 4.05. The summed E-state index contributed by atoms with van der Waals surface area (Å²) >= 11 is 1.62. The van der Waals surface area contributed by atoms with Crippen LogP contribution in [0.1, 0.15) is 28.0 Å². The van der Waals surface area contributed by atoms with Crippen LogP contribution in [0.5, 0.6) is 0 Å². The Labute approximate surface area is 189 Å². The van der Waals surface area contributed by atoms with Gasteiger partial charge in [-0.05, 0) is 36.1 Å². The van der Waals surface area contributed by atoms with Gasteiger partial charge in [0, 0.05) is 42.4 Å². The lowest BCUT2D eigenvalue weighted by atomic mass is 10.0. The maximum atomic E-state index is 13.0. The summed E-state index contributed by atoms with van der Waals surface area (Å²) in [6, 6.07) is 11.9. The number of thiazole rings is 1. The number of carbonyl (C=O) groups is 1. The number of amides is 1. The minimum Gasteiger partial charge on any atom is -0.389 e. The SMILES string of the molecule is Cn1ccc2c(Cc3ccc(-c4nccs4)cc3)cc(C(=O)N[C@H]3CCOC[C@@H]3O)nc21. The Morgan fingerprint density at radius 3 is 2.91 bits per heavy atom. The summed E-state index contributed by atoms with van der Waals surface area (Å²) in [5, 5.41) is 17.0.